The van der Waals surface area contributed by atoms with Gasteiger partial charge >= 0.3 is 0 Å². The van der Waals surface area contributed by atoms with Gasteiger partial charge in [0.25, 0.3) is 0 Å². The Hall–Kier alpha value is -2.42. The molecule has 0 amide bonds. The third kappa shape index (κ3) is 4.81. The number of rotatable bonds is 7. The summed E-state index contributed by atoms with van der Waals surface area (Å²) in [5.74, 6) is 0.0983. The van der Waals surface area contributed by atoms with Gasteiger partial charge in [0, 0.05) is 11.6 Å². The Labute approximate surface area is 161 Å². The lowest BCUT2D eigenvalue weighted by Gasteiger charge is -2.25. The van der Waals surface area contributed by atoms with Crippen molar-refractivity contribution in [3.8, 4) is 0 Å². The molecule has 0 radical (unpaired) electrons. The molecule has 2 unspecified atom stereocenters. The zero-order valence-electron chi connectivity index (χ0n) is 14.8. The smallest absolute Gasteiger partial charge is 0.184 e. The fraction of sp³-hybridized carbons (Fsp3) is 0.174. The number of Topliss-reactive ketones (excluding diaryl/α,β-unsaturated/α-hetero) is 1. The minimum Gasteiger partial charge on any atom is -0.297 e. The van der Waals surface area contributed by atoms with Crippen LogP contribution in [0.5, 0.6) is 0 Å². The van der Waals surface area contributed by atoms with Crippen molar-refractivity contribution in [2.75, 3.05) is 0 Å². The van der Waals surface area contributed by atoms with Gasteiger partial charge in [-0.05, 0) is 17.5 Å². The summed E-state index contributed by atoms with van der Waals surface area (Å²) < 4.78 is 0. The topological polar surface area (TPSA) is 29.1 Å². The first-order valence-corrected chi connectivity index (χ1v) is 8.74. The van der Waals surface area contributed by atoms with Gasteiger partial charge in [-0.2, -0.15) is 0 Å². The third-order valence-corrected chi connectivity index (χ3v) is 4.43. The van der Waals surface area contributed by atoms with Gasteiger partial charge in [0.1, 0.15) is 0 Å². The maximum atomic E-state index is 13.2. The average Bonchev–Trinajstić information content (AvgIpc) is 2.70. The highest BCUT2D eigenvalue weighted by Crippen LogP contribution is 2.25. The Kier molecular flexibility index (Phi) is 7.58. The zero-order valence-corrected chi connectivity index (χ0v) is 15.7. The second kappa shape index (κ2) is 9.91. The summed E-state index contributed by atoms with van der Waals surface area (Å²) in [4.78, 5) is 13.2. The van der Waals surface area contributed by atoms with Gasteiger partial charge in [-0.15, -0.1) is 12.4 Å². The number of carbonyl (C=O) groups is 1. The Bertz CT molecular complexity index is 790. The molecule has 3 aromatic rings. The van der Waals surface area contributed by atoms with E-state index in [1.807, 2.05) is 78.9 Å². The zero-order chi connectivity index (χ0) is 17.5. The monoisotopic (exact) mass is 365 g/mol. The van der Waals surface area contributed by atoms with Crippen LogP contribution < -0.4 is 5.32 Å². The van der Waals surface area contributed by atoms with E-state index < -0.39 is 0 Å². The van der Waals surface area contributed by atoms with Crippen LogP contribution in [0.15, 0.2) is 91.0 Å². The normalized spacial score (nSPS) is 12.7. The van der Waals surface area contributed by atoms with Crippen molar-refractivity contribution in [3.63, 3.8) is 0 Å². The van der Waals surface area contributed by atoms with Crippen molar-refractivity contribution in [2.24, 2.45) is 0 Å². The first-order chi connectivity index (χ1) is 12.3. The highest BCUT2D eigenvalue weighted by molar-refractivity contribution is 6.00. The molecule has 0 aliphatic carbocycles. The molecule has 0 aliphatic heterocycles. The molecule has 2 nitrogen and oxygen atoms in total. The number of benzene rings is 3. The number of ketones is 1. The number of hydrogen-bond donors (Lipinski definition) is 1. The fourth-order valence-electron chi connectivity index (χ4n) is 3.07. The largest absolute Gasteiger partial charge is 0.297 e. The molecule has 1 N–H and O–H groups in total. The minimum atomic E-state index is -0.367. The summed E-state index contributed by atoms with van der Waals surface area (Å²) in [6, 6.07) is 29.5. The molecular weight excluding hydrogens is 342 g/mol. The van der Waals surface area contributed by atoms with E-state index >= 15 is 0 Å². The summed E-state index contributed by atoms with van der Waals surface area (Å²) >= 11 is 0. The van der Waals surface area contributed by atoms with Crippen LogP contribution in [0.3, 0.4) is 0 Å². The van der Waals surface area contributed by atoms with Gasteiger partial charge in [0.2, 0.25) is 0 Å². The van der Waals surface area contributed by atoms with E-state index in [4.69, 9.17) is 0 Å². The maximum absolute atomic E-state index is 13.2. The SMILES string of the molecule is CCC(NC(C(=O)c1ccccc1)c1ccccc1)c1ccccc1.Cl. The van der Waals surface area contributed by atoms with E-state index in [1.54, 1.807) is 0 Å². The number of nitrogens with one attached hydrogen (secondary N) is 1. The molecule has 2 atom stereocenters. The summed E-state index contributed by atoms with van der Waals surface area (Å²) in [6.07, 6.45) is 0.912. The Balaban J connectivity index is 0.00000243. The molecule has 134 valence electrons. The van der Waals surface area contributed by atoms with Crippen LogP contribution in [0.25, 0.3) is 0 Å². The van der Waals surface area contributed by atoms with E-state index in [2.05, 4.69) is 24.4 Å². The lowest BCUT2D eigenvalue weighted by Crippen LogP contribution is -2.32. The van der Waals surface area contributed by atoms with Crippen LogP contribution in [0.1, 0.15) is 46.9 Å². The standard InChI is InChI=1S/C23H23NO.ClH/c1-2-21(18-12-6-3-7-13-18)24-22(19-14-8-4-9-15-19)23(25)20-16-10-5-11-17-20;/h3-17,21-22,24H,2H2,1H3;1H. The van der Waals surface area contributed by atoms with Crippen LogP contribution in [0.4, 0.5) is 0 Å². The van der Waals surface area contributed by atoms with E-state index in [0.29, 0.717) is 0 Å². The summed E-state index contributed by atoms with van der Waals surface area (Å²) in [6.45, 7) is 2.14. The first-order valence-electron chi connectivity index (χ1n) is 8.74. The van der Waals surface area contributed by atoms with Crippen LogP contribution >= 0.6 is 12.4 Å². The second-order valence-corrected chi connectivity index (χ2v) is 6.11. The van der Waals surface area contributed by atoms with Crippen molar-refractivity contribution in [1.82, 2.24) is 5.32 Å². The van der Waals surface area contributed by atoms with Gasteiger partial charge in [-0.1, -0.05) is 97.9 Å². The molecular formula is C23H24ClNO. The molecule has 0 fully saturated rings. The van der Waals surface area contributed by atoms with Crippen molar-refractivity contribution >= 4 is 18.2 Å². The number of halogens is 1. The third-order valence-electron chi connectivity index (χ3n) is 4.43. The van der Waals surface area contributed by atoms with Crippen LogP contribution in [0.2, 0.25) is 0 Å². The molecule has 0 saturated heterocycles. The van der Waals surface area contributed by atoms with E-state index in [-0.39, 0.29) is 30.3 Å². The number of hydrogen-bond acceptors (Lipinski definition) is 2. The molecule has 3 heteroatoms. The predicted molar refractivity (Wildman–Crippen MR) is 110 cm³/mol. The van der Waals surface area contributed by atoms with Gasteiger partial charge in [-0.25, -0.2) is 0 Å². The van der Waals surface area contributed by atoms with Crippen molar-refractivity contribution < 1.29 is 4.79 Å². The molecule has 0 bridgehead atoms. The van der Waals surface area contributed by atoms with Crippen molar-refractivity contribution in [3.05, 3.63) is 108 Å². The van der Waals surface area contributed by atoms with Crippen molar-refractivity contribution in [2.45, 2.75) is 25.4 Å². The quantitative estimate of drug-likeness (QED) is 0.538. The van der Waals surface area contributed by atoms with Gasteiger partial charge < -0.3 is 0 Å². The van der Waals surface area contributed by atoms with E-state index in [1.165, 1.54) is 5.56 Å². The predicted octanol–water partition coefficient (Wildman–Crippen LogP) is 5.77. The Morgan fingerprint density at radius 2 is 1.23 bits per heavy atom. The average molecular weight is 366 g/mol. The lowest BCUT2D eigenvalue weighted by molar-refractivity contribution is 0.0935. The summed E-state index contributed by atoms with van der Waals surface area (Å²) in [7, 11) is 0. The molecule has 0 heterocycles. The van der Waals surface area contributed by atoms with E-state index in [0.717, 1.165) is 17.5 Å². The van der Waals surface area contributed by atoms with Gasteiger partial charge in [0.15, 0.2) is 5.78 Å². The van der Waals surface area contributed by atoms with Crippen molar-refractivity contribution in [1.29, 1.82) is 0 Å². The van der Waals surface area contributed by atoms with Gasteiger partial charge in [0.05, 0.1) is 6.04 Å². The lowest BCUT2D eigenvalue weighted by atomic mass is 9.94. The molecule has 3 rings (SSSR count). The Morgan fingerprint density at radius 1 is 0.769 bits per heavy atom. The maximum Gasteiger partial charge on any atom is 0.184 e. The molecule has 0 aromatic heterocycles. The molecule has 3 aromatic carbocycles. The number of carbonyl (C=O) groups excluding carboxylic acids is 1. The van der Waals surface area contributed by atoms with Crippen LogP contribution in [-0.4, -0.2) is 5.78 Å². The second-order valence-electron chi connectivity index (χ2n) is 6.11. The van der Waals surface area contributed by atoms with Crippen LogP contribution in [0, 0.1) is 0 Å². The fourth-order valence-corrected chi connectivity index (χ4v) is 3.07. The highest BCUT2D eigenvalue weighted by atomic mass is 35.5. The molecule has 26 heavy (non-hydrogen) atoms. The molecule has 0 saturated carbocycles. The van der Waals surface area contributed by atoms with Crippen LogP contribution in [-0.2, 0) is 0 Å². The first kappa shape index (κ1) is 19.9. The summed E-state index contributed by atoms with van der Waals surface area (Å²) in [5, 5.41) is 3.59. The van der Waals surface area contributed by atoms with Gasteiger partial charge in [-0.3, -0.25) is 10.1 Å². The highest BCUT2D eigenvalue weighted by Gasteiger charge is 2.24. The Morgan fingerprint density at radius 3 is 1.73 bits per heavy atom. The summed E-state index contributed by atoms with van der Waals surface area (Å²) in [5.41, 5.74) is 2.92. The molecule has 0 aliphatic rings. The molecule has 0 spiro atoms. The van der Waals surface area contributed by atoms with E-state index in [9.17, 15) is 4.79 Å². The minimum absolute atomic E-state index is 0.